The van der Waals surface area contributed by atoms with E-state index in [9.17, 15) is 0 Å². The SMILES string of the molecule is c1ccc(-c2ccc(N(c3ccc(-c4ccc(N(c5ccc(-c6ccccc6)cc5)c5cc6ccccc6c6c5oc5ccc7ccccc7c56)cc4)cc3)c3cc4oc5ccc6ccccc6c5c4c4ccccc34)cc2)cc1. The predicted octanol–water partition coefficient (Wildman–Crippen LogP) is 22.0. The van der Waals surface area contributed by atoms with Crippen molar-refractivity contribution in [1.82, 2.24) is 0 Å². The first-order valence-electron chi connectivity index (χ1n) is 27.3. The Bertz CT molecular complexity index is 5020. The van der Waals surface area contributed by atoms with Crippen LogP contribution in [0.5, 0.6) is 0 Å². The van der Waals surface area contributed by atoms with Gasteiger partial charge in [-0.05, 0) is 138 Å². The molecule has 0 saturated carbocycles. The van der Waals surface area contributed by atoms with E-state index in [2.05, 4.69) is 301 Å². The van der Waals surface area contributed by atoms with Crippen LogP contribution in [-0.2, 0) is 0 Å². The van der Waals surface area contributed by atoms with Gasteiger partial charge in [-0.15, -0.1) is 0 Å². The lowest BCUT2D eigenvalue weighted by Gasteiger charge is -2.27. The molecule has 2 aromatic heterocycles. The van der Waals surface area contributed by atoms with E-state index in [1.54, 1.807) is 0 Å². The van der Waals surface area contributed by atoms with Crippen molar-refractivity contribution in [2.24, 2.45) is 0 Å². The van der Waals surface area contributed by atoms with Crippen LogP contribution in [0.1, 0.15) is 0 Å². The van der Waals surface area contributed by atoms with E-state index in [1.807, 2.05) is 0 Å². The molecule has 16 aromatic rings. The van der Waals surface area contributed by atoms with E-state index in [0.29, 0.717) is 0 Å². The number of nitrogens with zero attached hydrogens (tertiary/aromatic N) is 2. The van der Waals surface area contributed by atoms with Crippen LogP contribution in [0, 0.1) is 0 Å². The molecule has 4 nitrogen and oxygen atoms in total. The molecule has 0 aliphatic rings. The summed E-state index contributed by atoms with van der Waals surface area (Å²) in [4.78, 5) is 4.73. The van der Waals surface area contributed by atoms with E-state index < -0.39 is 0 Å². The Morgan fingerprint density at radius 3 is 1.05 bits per heavy atom. The van der Waals surface area contributed by atoms with Gasteiger partial charge in [-0.3, -0.25) is 0 Å². The maximum Gasteiger partial charge on any atom is 0.160 e. The second kappa shape index (κ2) is 18.5. The third-order valence-electron chi connectivity index (χ3n) is 16.2. The van der Waals surface area contributed by atoms with Crippen molar-refractivity contribution in [1.29, 1.82) is 0 Å². The highest BCUT2D eigenvalue weighted by molar-refractivity contribution is 6.30. The Balaban J connectivity index is 0.826. The third-order valence-corrected chi connectivity index (χ3v) is 16.2. The lowest BCUT2D eigenvalue weighted by molar-refractivity contribution is 0.669. The molecular weight excluding hydrogens is 973 g/mol. The summed E-state index contributed by atoms with van der Waals surface area (Å²) in [6, 6.07) is 105. The van der Waals surface area contributed by atoms with Crippen molar-refractivity contribution in [3.63, 3.8) is 0 Å². The van der Waals surface area contributed by atoms with Gasteiger partial charge in [0.25, 0.3) is 0 Å². The van der Waals surface area contributed by atoms with Crippen molar-refractivity contribution in [2.45, 2.75) is 0 Å². The van der Waals surface area contributed by atoms with Gasteiger partial charge in [0.05, 0.1) is 11.4 Å². The summed E-state index contributed by atoms with van der Waals surface area (Å²) in [6.45, 7) is 0. The number of anilines is 6. The third kappa shape index (κ3) is 7.45. The van der Waals surface area contributed by atoms with Gasteiger partial charge in [-0.1, -0.05) is 218 Å². The monoisotopic (exact) mass is 1020 g/mol. The molecule has 0 spiro atoms. The summed E-state index contributed by atoms with van der Waals surface area (Å²) in [5, 5.41) is 13.9. The summed E-state index contributed by atoms with van der Waals surface area (Å²) in [6.07, 6.45) is 0. The number of fused-ring (bicyclic) bond motifs is 14. The number of rotatable bonds is 9. The first-order chi connectivity index (χ1) is 39.7. The number of benzene rings is 14. The van der Waals surface area contributed by atoms with Gasteiger partial charge in [-0.25, -0.2) is 0 Å². The average Bonchev–Trinajstić information content (AvgIpc) is 4.20. The molecule has 4 heteroatoms. The van der Waals surface area contributed by atoms with Gasteiger partial charge >= 0.3 is 0 Å². The molecule has 0 aliphatic carbocycles. The molecule has 0 atom stereocenters. The predicted molar refractivity (Wildman–Crippen MR) is 337 cm³/mol. The Morgan fingerprint density at radius 2 is 0.562 bits per heavy atom. The molecule has 0 fully saturated rings. The fourth-order valence-electron chi connectivity index (χ4n) is 12.4. The number of hydrogen-bond acceptors (Lipinski definition) is 4. The van der Waals surface area contributed by atoms with Crippen molar-refractivity contribution < 1.29 is 8.83 Å². The zero-order valence-corrected chi connectivity index (χ0v) is 43.4. The Kier molecular flexibility index (Phi) is 10.5. The second-order valence-corrected chi connectivity index (χ2v) is 20.7. The summed E-state index contributed by atoms with van der Waals surface area (Å²) < 4.78 is 13.9. The average molecular weight is 1020 g/mol. The van der Waals surface area contributed by atoms with Crippen LogP contribution in [0.3, 0.4) is 0 Å². The van der Waals surface area contributed by atoms with Crippen molar-refractivity contribution in [3.05, 3.63) is 291 Å². The molecule has 14 aromatic carbocycles. The molecule has 0 radical (unpaired) electrons. The smallest absolute Gasteiger partial charge is 0.160 e. The molecule has 0 unspecified atom stereocenters. The van der Waals surface area contributed by atoms with Gasteiger partial charge in [0.2, 0.25) is 0 Å². The molecule has 0 N–H and O–H groups in total. The minimum absolute atomic E-state index is 0.849. The summed E-state index contributed by atoms with van der Waals surface area (Å²) in [5.41, 5.74) is 16.5. The lowest BCUT2D eigenvalue weighted by atomic mass is 9.97. The molecule has 0 amide bonds. The highest BCUT2D eigenvalue weighted by atomic mass is 16.3. The van der Waals surface area contributed by atoms with Crippen molar-refractivity contribution >= 4 is 121 Å². The summed E-state index contributed by atoms with van der Waals surface area (Å²) in [5.74, 6) is 0. The molecule has 0 bridgehead atoms. The second-order valence-electron chi connectivity index (χ2n) is 20.7. The molecular formula is C76H48N2O2. The fraction of sp³-hybridized carbons (Fsp3) is 0. The molecule has 374 valence electrons. The van der Waals surface area contributed by atoms with Crippen molar-refractivity contribution in [3.8, 4) is 33.4 Å². The molecule has 16 rings (SSSR count). The Hall–Kier alpha value is -10.7. The Morgan fingerprint density at radius 1 is 0.212 bits per heavy atom. The van der Waals surface area contributed by atoms with E-state index >= 15 is 0 Å². The lowest BCUT2D eigenvalue weighted by Crippen LogP contribution is -2.10. The minimum Gasteiger partial charge on any atom is -0.456 e. The van der Waals surface area contributed by atoms with E-state index in [1.165, 1.54) is 38.1 Å². The van der Waals surface area contributed by atoms with Gasteiger partial charge in [0, 0.05) is 55.7 Å². The van der Waals surface area contributed by atoms with Crippen LogP contribution in [0.25, 0.3) is 120 Å². The highest BCUT2D eigenvalue weighted by Crippen LogP contribution is 2.49. The fourth-order valence-corrected chi connectivity index (χ4v) is 12.4. The zero-order valence-electron chi connectivity index (χ0n) is 43.4. The maximum absolute atomic E-state index is 7.05. The normalized spacial score (nSPS) is 11.8. The van der Waals surface area contributed by atoms with Gasteiger partial charge in [0.1, 0.15) is 16.7 Å². The zero-order chi connectivity index (χ0) is 52.7. The first-order valence-corrected chi connectivity index (χ1v) is 27.3. The maximum atomic E-state index is 7.05. The topological polar surface area (TPSA) is 32.8 Å². The number of furan rings is 2. The van der Waals surface area contributed by atoms with Crippen LogP contribution in [-0.4, -0.2) is 0 Å². The minimum atomic E-state index is 0.849. The quantitative estimate of drug-likeness (QED) is 0.144. The van der Waals surface area contributed by atoms with Gasteiger partial charge in [-0.2, -0.15) is 0 Å². The van der Waals surface area contributed by atoms with Crippen LogP contribution >= 0.6 is 0 Å². The van der Waals surface area contributed by atoms with Crippen LogP contribution in [0.15, 0.2) is 300 Å². The Labute approximate surface area is 461 Å². The highest BCUT2D eigenvalue weighted by Gasteiger charge is 2.25. The first kappa shape index (κ1) is 45.5. The van der Waals surface area contributed by atoms with Crippen LogP contribution < -0.4 is 9.80 Å². The standard InChI is InChI=1S/C76H48N2O2/c1-3-15-49(16-4-1)51-27-37-58(38-28-51)77(67-48-71-74(66-26-14-13-25-65(66)67)72-62-22-10-7-19-55(62)35-45-69(72)79-71)59-39-31-53(32-40-59)54-33-43-61(44-34-54)78(60-41-29-52(30-42-60)50-17-5-2-6-18-50)68-47-57-21-9-12-24-64(57)75-73-63-23-11-8-20-56(63)36-46-70(73)80-76(68)75/h1-48H. The number of hydrogen-bond donors (Lipinski definition) is 0. The van der Waals surface area contributed by atoms with E-state index in [4.69, 9.17) is 8.83 Å². The summed E-state index contributed by atoms with van der Waals surface area (Å²) >= 11 is 0. The van der Waals surface area contributed by atoms with E-state index in [0.717, 1.165) is 116 Å². The summed E-state index contributed by atoms with van der Waals surface area (Å²) in [7, 11) is 0. The van der Waals surface area contributed by atoms with Crippen LogP contribution in [0.2, 0.25) is 0 Å². The molecule has 0 aliphatic heterocycles. The molecule has 80 heavy (non-hydrogen) atoms. The molecule has 2 heterocycles. The van der Waals surface area contributed by atoms with Crippen molar-refractivity contribution in [2.75, 3.05) is 9.80 Å². The van der Waals surface area contributed by atoms with E-state index in [-0.39, 0.29) is 0 Å². The van der Waals surface area contributed by atoms with Gasteiger partial charge < -0.3 is 18.6 Å². The van der Waals surface area contributed by atoms with Gasteiger partial charge in [0.15, 0.2) is 5.58 Å². The molecule has 0 saturated heterocycles. The largest absolute Gasteiger partial charge is 0.456 e. The van der Waals surface area contributed by atoms with Crippen LogP contribution in [0.4, 0.5) is 34.1 Å².